The Labute approximate surface area is 149 Å². The van der Waals surface area contributed by atoms with Gasteiger partial charge in [0.2, 0.25) is 0 Å². The molecule has 2 aliphatic rings. The number of ether oxygens (including phenoxy) is 1. The average molecular weight is 349 g/mol. The highest BCUT2D eigenvalue weighted by Gasteiger charge is 2.23. The molecule has 7 heteroatoms. The highest BCUT2D eigenvalue weighted by Crippen LogP contribution is 2.26. The fourth-order valence-electron chi connectivity index (χ4n) is 3.94. The zero-order valence-corrected chi connectivity index (χ0v) is 15.5. The van der Waals surface area contributed by atoms with Crippen molar-refractivity contribution in [2.45, 2.75) is 64.5 Å². The minimum Gasteiger partial charge on any atom is -0.376 e. The van der Waals surface area contributed by atoms with E-state index in [9.17, 15) is 4.79 Å². The van der Waals surface area contributed by atoms with Crippen molar-refractivity contribution in [1.29, 1.82) is 0 Å². The van der Waals surface area contributed by atoms with Crippen LogP contribution in [0.5, 0.6) is 0 Å². The van der Waals surface area contributed by atoms with E-state index in [1.807, 2.05) is 11.6 Å². The fraction of sp³-hybridized carbons (Fsp3) is 0.833. The molecule has 2 atom stereocenters. The van der Waals surface area contributed by atoms with Crippen LogP contribution in [0.25, 0.3) is 0 Å². The Hall–Kier alpha value is -1.47. The van der Waals surface area contributed by atoms with Crippen LogP contribution in [0.1, 0.15) is 67.7 Å². The molecule has 2 fully saturated rings. The molecule has 0 bridgehead atoms. The van der Waals surface area contributed by atoms with E-state index >= 15 is 0 Å². The Morgan fingerprint density at radius 2 is 2.04 bits per heavy atom. The van der Waals surface area contributed by atoms with Crippen LogP contribution in [0.3, 0.4) is 0 Å². The van der Waals surface area contributed by atoms with Gasteiger partial charge in [-0.15, -0.1) is 5.10 Å². The third-order valence-corrected chi connectivity index (χ3v) is 5.55. The predicted octanol–water partition coefficient (Wildman–Crippen LogP) is 1.84. The van der Waals surface area contributed by atoms with Crippen LogP contribution >= 0.6 is 0 Å². The number of rotatable bonds is 6. The van der Waals surface area contributed by atoms with Gasteiger partial charge in [-0.1, -0.05) is 25.0 Å². The van der Waals surface area contributed by atoms with Crippen LogP contribution < -0.4 is 10.6 Å². The van der Waals surface area contributed by atoms with E-state index in [1.54, 1.807) is 0 Å². The summed E-state index contributed by atoms with van der Waals surface area (Å²) in [6, 6.07) is 0.339. The van der Waals surface area contributed by atoms with Crippen molar-refractivity contribution in [2.75, 3.05) is 26.2 Å². The molecule has 2 N–H and O–H groups in total. The standard InChI is InChI=1S/C18H31N5O2/c1-13-5-3-4-6-16(13)25-12-11-20-18(24)17-14(2)23(22-21-17)15-7-9-19-10-8-15/h13,15-16,19H,3-12H2,1-2H3,(H,20,24)/t13-,16+/m0/s1. The minimum absolute atomic E-state index is 0.155. The topological polar surface area (TPSA) is 81.1 Å². The van der Waals surface area contributed by atoms with Crippen molar-refractivity contribution in [3.63, 3.8) is 0 Å². The second kappa shape index (κ2) is 8.76. The van der Waals surface area contributed by atoms with Gasteiger partial charge >= 0.3 is 0 Å². The van der Waals surface area contributed by atoms with E-state index in [2.05, 4.69) is 27.9 Å². The van der Waals surface area contributed by atoms with Crippen molar-refractivity contribution < 1.29 is 9.53 Å². The summed E-state index contributed by atoms with van der Waals surface area (Å²) in [5.41, 5.74) is 1.29. The molecule has 3 rings (SSSR count). The van der Waals surface area contributed by atoms with Gasteiger partial charge in [0.05, 0.1) is 24.4 Å². The molecule has 1 aliphatic heterocycles. The van der Waals surface area contributed by atoms with Gasteiger partial charge in [0.25, 0.3) is 5.91 Å². The number of nitrogens with one attached hydrogen (secondary N) is 2. The molecule has 7 nitrogen and oxygen atoms in total. The van der Waals surface area contributed by atoms with Gasteiger partial charge in [-0.2, -0.15) is 0 Å². The van der Waals surface area contributed by atoms with Crippen molar-refractivity contribution in [3.8, 4) is 0 Å². The third kappa shape index (κ3) is 4.58. The average Bonchev–Trinajstić information content (AvgIpc) is 3.02. The molecule has 1 saturated heterocycles. The third-order valence-electron chi connectivity index (χ3n) is 5.55. The molecule has 1 aromatic heterocycles. The minimum atomic E-state index is -0.155. The summed E-state index contributed by atoms with van der Waals surface area (Å²) in [7, 11) is 0. The normalized spacial score (nSPS) is 25.0. The number of carbonyl (C=O) groups is 1. The lowest BCUT2D eigenvalue weighted by Crippen LogP contribution is -2.32. The van der Waals surface area contributed by atoms with Crippen molar-refractivity contribution in [2.24, 2.45) is 5.92 Å². The second-order valence-electron chi connectivity index (χ2n) is 7.38. The molecule has 0 unspecified atom stereocenters. The van der Waals surface area contributed by atoms with Crippen LogP contribution in [0.15, 0.2) is 0 Å². The predicted molar refractivity (Wildman–Crippen MR) is 95.6 cm³/mol. The lowest BCUT2D eigenvalue weighted by molar-refractivity contribution is -0.00295. The SMILES string of the molecule is Cc1c(C(=O)NCCO[C@@H]2CCCC[C@@H]2C)nnn1C1CCNCC1. The summed E-state index contributed by atoms with van der Waals surface area (Å²) in [4.78, 5) is 12.4. The van der Waals surface area contributed by atoms with E-state index in [4.69, 9.17) is 4.74 Å². The molecular formula is C18H31N5O2. The molecule has 2 heterocycles. The van der Waals surface area contributed by atoms with Gasteiger partial charge in [-0.05, 0) is 51.6 Å². The van der Waals surface area contributed by atoms with Crippen molar-refractivity contribution in [1.82, 2.24) is 25.6 Å². The van der Waals surface area contributed by atoms with Gasteiger partial charge in [-0.25, -0.2) is 4.68 Å². The first kappa shape index (κ1) is 18.3. The maximum absolute atomic E-state index is 12.4. The molecule has 0 spiro atoms. The number of aromatic nitrogens is 3. The number of nitrogens with zero attached hydrogens (tertiary/aromatic N) is 3. The van der Waals surface area contributed by atoms with Gasteiger partial charge in [0, 0.05) is 6.54 Å². The first-order valence-corrected chi connectivity index (χ1v) is 9.69. The first-order valence-electron chi connectivity index (χ1n) is 9.69. The number of hydrogen-bond acceptors (Lipinski definition) is 5. The monoisotopic (exact) mass is 349 g/mol. The molecule has 0 aromatic carbocycles. The van der Waals surface area contributed by atoms with Gasteiger partial charge in [0.15, 0.2) is 5.69 Å². The summed E-state index contributed by atoms with van der Waals surface area (Å²) in [6.07, 6.45) is 7.34. The zero-order chi connectivity index (χ0) is 17.6. The van der Waals surface area contributed by atoms with Crippen LogP contribution in [0.2, 0.25) is 0 Å². The number of piperidine rings is 1. The van der Waals surface area contributed by atoms with E-state index in [-0.39, 0.29) is 5.91 Å². The maximum Gasteiger partial charge on any atom is 0.273 e. The fourth-order valence-corrected chi connectivity index (χ4v) is 3.94. The van der Waals surface area contributed by atoms with Crippen molar-refractivity contribution in [3.05, 3.63) is 11.4 Å². The van der Waals surface area contributed by atoms with E-state index in [1.165, 1.54) is 19.3 Å². The van der Waals surface area contributed by atoms with Crippen LogP contribution in [-0.4, -0.2) is 53.2 Å². The largest absolute Gasteiger partial charge is 0.376 e. The molecule has 1 amide bonds. The van der Waals surface area contributed by atoms with Crippen LogP contribution in [0, 0.1) is 12.8 Å². The van der Waals surface area contributed by atoms with Gasteiger partial charge in [0.1, 0.15) is 0 Å². The molecule has 0 radical (unpaired) electrons. The van der Waals surface area contributed by atoms with Crippen molar-refractivity contribution >= 4 is 5.91 Å². The first-order chi connectivity index (χ1) is 12.2. The molecule has 1 saturated carbocycles. The lowest BCUT2D eigenvalue weighted by Gasteiger charge is -2.28. The summed E-state index contributed by atoms with van der Waals surface area (Å²) in [6.45, 7) is 7.23. The quantitative estimate of drug-likeness (QED) is 0.766. The second-order valence-corrected chi connectivity index (χ2v) is 7.38. The van der Waals surface area contributed by atoms with E-state index in [0.29, 0.717) is 36.9 Å². The zero-order valence-electron chi connectivity index (χ0n) is 15.5. The Bertz CT molecular complexity index is 568. The summed E-state index contributed by atoms with van der Waals surface area (Å²) in [5.74, 6) is 0.467. The Morgan fingerprint density at radius 1 is 1.28 bits per heavy atom. The van der Waals surface area contributed by atoms with Gasteiger partial charge in [-0.3, -0.25) is 4.79 Å². The van der Waals surface area contributed by atoms with E-state index in [0.717, 1.165) is 38.0 Å². The number of hydrogen-bond donors (Lipinski definition) is 2. The van der Waals surface area contributed by atoms with E-state index < -0.39 is 0 Å². The molecule has 25 heavy (non-hydrogen) atoms. The Kier molecular flexibility index (Phi) is 6.42. The Balaban J connectivity index is 1.46. The molecule has 1 aliphatic carbocycles. The summed E-state index contributed by atoms with van der Waals surface area (Å²) >= 11 is 0. The van der Waals surface area contributed by atoms with Gasteiger partial charge < -0.3 is 15.4 Å². The van der Waals surface area contributed by atoms with Crippen LogP contribution in [-0.2, 0) is 4.74 Å². The summed E-state index contributed by atoms with van der Waals surface area (Å²) < 4.78 is 7.86. The Morgan fingerprint density at radius 3 is 2.80 bits per heavy atom. The highest BCUT2D eigenvalue weighted by molar-refractivity contribution is 5.93. The number of amides is 1. The highest BCUT2D eigenvalue weighted by atomic mass is 16.5. The molecular weight excluding hydrogens is 318 g/mol. The maximum atomic E-state index is 12.4. The smallest absolute Gasteiger partial charge is 0.273 e. The van der Waals surface area contributed by atoms with Crippen LogP contribution in [0.4, 0.5) is 0 Å². The lowest BCUT2D eigenvalue weighted by atomic mass is 9.88. The summed E-state index contributed by atoms with van der Waals surface area (Å²) in [5, 5.41) is 14.6. The molecule has 140 valence electrons. The number of carbonyl (C=O) groups excluding carboxylic acids is 1. The molecule has 1 aromatic rings.